The normalized spacial score (nSPS) is 17.6. The van der Waals surface area contributed by atoms with E-state index < -0.39 is 6.29 Å². The fourth-order valence-corrected chi connectivity index (χ4v) is 6.00. The molecule has 3 atom stereocenters. The van der Waals surface area contributed by atoms with Gasteiger partial charge in [-0.25, -0.2) is 10.5 Å². The van der Waals surface area contributed by atoms with Crippen LogP contribution in [0.3, 0.4) is 0 Å². The van der Waals surface area contributed by atoms with E-state index in [1.165, 1.54) is 0 Å². The summed E-state index contributed by atoms with van der Waals surface area (Å²) >= 11 is 12.4. The van der Waals surface area contributed by atoms with E-state index in [2.05, 4.69) is 16.4 Å². The van der Waals surface area contributed by atoms with Crippen LogP contribution in [0.1, 0.15) is 79.6 Å². The van der Waals surface area contributed by atoms with Crippen molar-refractivity contribution in [3.8, 4) is 11.1 Å². The number of hydroxylamine groups is 1. The number of carbonyl (C=O) groups excluding carboxylic acids is 2. The first-order chi connectivity index (χ1) is 23.3. The molecule has 12 heteroatoms. The van der Waals surface area contributed by atoms with Gasteiger partial charge in [0.2, 0.25) is 11.8 Å². The molecule has 0 spiro atoms. The van der Waals surface area contributed by atoms with E-state index in [0.717, 1.165) is 52.6 Å². The molecule has 0 bridgehead atoms. The molecule has 2 amide bonds. The van der Waals surface area contributed by atoms with Gasteiger partial charge in [-0.2, -0.15) is 0 Å². The summed E-state index contributed by atoms with van der Waals surface area (Å²) in [7, 11) is 0. The van der Waals surface area contributed by atoms with Gasteiger partial charge in [-0.3, -0.25) is 14.8 Å². The average molecular weight is 696 g/mol. The Morgan fingerprint density at radius 3 is 2.23 bits per heavy atom. The second-order valence-electron chi connectivity index (χ2n) is 11.9. The number of rotatable bonds is 15. The standard InChI is InChI=1S/C36H40Cl2N4O6/c37-34-35(38)42(23-40-34)21-30-19-31(27-12-10-24(22-43)11-13-27)48-36(47-30)28-16-14-26(15-17-28)29-7-5-6-25(18-29)20-39-32(44)8-3-1-2-4-9-33(45)41-46/h5-7,10-18,23,30-31,36,43,46H,1-4,8-9,19-22H2,(H,39,44)(H,41,45). The van der Waals surface area contributed by atoms with Crippen LogP contribution in [0.15, 0.2) is 79.1 Å². The van der Waals surface area contributed by atoms with E-state index in [0.29, 0.717) is 37.5 Å². The zero-order valence-electron chi connectivity index (χ0n) is 26.5. The number of aliphatic hydroxyl groups excluding tert-OH is 1. The predicted octanol–water partition coefficient (Wildman–Crippen LogP) is 7.06. The SMILES string of the molecule is O=C(CCCCCCC(=O)NCc1cccc(-c2ccc(C3OC(Cn4cnc(Cl)c4Cl)CC(c4ccc(CO)cc4)O3)cc2)c1)NO. The summed E-state index contributed by atoms with van der Waals surface area (Å²) in [5.74, 6) is -0.396. The van der Waals surface area contributed by atoms with E-state index in [1.807, 2.05) is 66.7 Å². The number of hydrogen-bond acceptors (Lipinski definition) is 7. The Kier molecular flexibility index (Phi) is 13.0. The zero-order chi connectivity index (χ0) is 33.9. The number of carbonyl (C=O) groups is 2. The first-order valence-corrected chi connectivity index (χ1v) is 16.8. The number of aliphatic hydroxyl groups is 1. The minimum absolute atomic E-state index is 0.00954. The van der Waals surface area contributed by atoms with E-state index in [4.69, 9.17) is 37.9 Å². The number of nitrogens with zero attached hydrogens (tertiary/aromatic N) is 2. The average Bonchev–Trinajstić information content (AvgIpc) is 3.44. The highest BCUT2D eigenvalue weighted by atomic mass is 35.5. The van der Waals surface area contributed by atoms with Crippen molar-refractivity contribution in [1.82, 2.24) is 20.3 Å². The van der Waals surface area contributed by atoms with Gasteiger partial charge >= 0.3 is 0 Å². The highest BCUT2D eigenvalue weighted by Gasteiger charge is 2.33. The number of imidazole rings is 1. The molecule has 1 fully saturated rings. The summed E-state index contributed by atoms with van der Waals surface area (Å²) in [4.78, 5) is 27.5. The lowest BCUT2D eigenvalue weighted by atomic mass is 9.99. The molecule has 10 nitrogen and oxygen atoms in total. The van der Waals surface area contributed by atoms with Gasteiger partial charge in [-0.1, -0.05) is 103 Å². The van der Waals surface area contributed by atoms with Crippen LogP contribution in [0.2, 0.25) is 10.3 Å². The van der Waals surface area contributed by atoms with Gasteiger partial charge in [-0.15, -0.1) is 0 Å². The molecule has 0 radical (unpaired) electrons. The number of amides is 2. The Morgan fingerprint density at radius 1 is 0.854 bits per heavy atom. The van der Waals surface area contributed by atoms with Crippen LogP contribution in [-0.2, 0) is 38.8 Å². The smallest absolute Gasteiger partial charge is 0.243 e. The van der Waals surface area contributed by atoms with Gasteiger partial charge in [0.05, 0.1) is 31.7 Å². The summed E-state index contributed by atoms with van der Waals surface area (Å²) < 4.78 is 14.7. The second-order valence-corrected chi connectivity index (χ2v) is 12.6. The lowest BCUT2D eigenvalue weighted by Crippen LogP contribution is -2.32. The Hall–Kier alpha value is -3.77. The third-order valence-electron chi connectivity index (χ3n) is 8.36. The van der Waals surface area contributed by atoms with Crippen LogP contribution < -0.4 is 10.8 Å². The minimum atomic E-state index is -0.625. The molecule has 4 aromatic rings. The van der Waals surface area contributed by atoms with Gasteiger partial charge in [0.1, 0.15) is 5.15 Å². The molecule has 1 aliphatic heterocycles. The maximum absolute atomic E-state index is 12.4. The molecular formula is C36H40Cl2N4O6. The maximum Gasteiger partial charge on any atom is 0.243 e. The van der Waals surface area contributed by atoms with Crippen LogP contribution in [0.4, 0.5) is 0 Å². The number of halogens is 2. The van der Waals surface area contributed by atoms with Crippen LogP contribution in [0, 0.1) is 0 Å². The minimum Gasteiger partial charge on any atom is -0.392 e. The van der Waals surface area contributed by atoms with Crippen molar-refractivity contribution in [3.05, 3.63) is 112 Å². The highest BCUT2D eigenvalue weighted by molar-refractivity contribution is 6.40. The molecule has 0 aliphatic carbocycles. The topological polar surface area (TPSA) is 135 Å². The van der Waals surface area contributed by atoms with Crippen molar-refractivity contribution >= 4 is 35.0 Å². The lowest BCUT2D eigenvalue weighted by molar-refractivity contribution is -0.252. The highest BCUT2D eigenvalue weighted by Crippen LogP contribution is 2.39. The molecule has 3 aromatic carbocycles. The first kappa shape index (κ1) is 35.5. The quantitative estimate of drug-likeness (QED) is 0.0595. The molecule has 1 saturated heterocycles. The second kappa shape index (κ2) is 17.6. The van der Waals surface area contributed by atoms with Crippen molar-refractivity contribution in [2.75, 3.05) is 0 Å². The Morgan fingerprint density at radius 2 is 1.56 bits per heavy atom. The van der Waals surface area contributed by atoms with E-state index in [-0.39, 0.29) is 42.2 Å². The predicted molar refractivity (Wildman–Crippen MR) is 182 cm³/mol. The van der Waals surface area contributed by atoms with Gasteiger partial charge in [0.15, 0.2) is 11.4 Å². The molecule has 48 heavy (non-hydrogen) atoms. The van der Waals surface area contributed by atoms with Gasteiger partial charge in [-0.05, 0) is 46.7 Å². The summed E-state index contributed by atoms with van der Waals surface area (Å²) in [6.07, 6.45) is 4.91. The lowest BCUT2D eigenvalue weighted by Gasteiger charge is -2.36. The number of nitrogens with one attached hydrogen (secondary N) is 2. The molecule has 4 N–H and O–H groups in total. The van der Waals surface area contributed by atoms with Gasteiger partial charge in [0.25, 0.3) is 0 Å². The fourth-order valence-electron chi connectivity index (χ4n) is 5.69. The number of ether oxygens (including phenoxy) is 2. The maximum atomic E-state index is 12.4. The van der Waals surface area contributed by atoms with Crippen molar-refractivity contribution in [2.24, 2.45) is 0 Å². The van der Waals surface area contributed by atoms with Gasteiger partial charge in [0, 0.05) is 31.4 Å². The van der Waals surface area contributed by atoms with Gasteiger partial charge < -0.3 is 24.5 Å². The Labute approximate surface area is 290 Å². The first-order valence-electron chi connectivity index (χ1n) is 16.1. The summed E-state index contributed by atoms with van der Waals surface area (Å²) in [5, 5.41) is 21.6. The van der Waals surface area contributed by atoms with Crippen molar-refractivity contribution in [1.29, 1.82) is 0 Å². The number of hydrogen-bond donors (Lipinski definition) is 4. The molecule has 1 aromatic heterocycles. The monoisotopic (exact) mass is 694 g/mol. The summed E-state index contributed by atoms with van der Waals surface area (Å²) in [6, 6.07) is 23.9. The van der Waals surface area contributed by atoms with Crippen molar-refractivity contribution < 1.29 is 29.4 Å². The molecule has 5 rings (SSSR count). The van der Waals surface area contributed by atoms with Crippen molar-refractivity contribution in [2.45, 2.75) is 83.1 Å². The zero-order valence-corrected chi connectivity index (χ0v) is 28.0. The van der Waals surface area contributed by atoms with Crippen LogP contribution in [0.25, 0.3) is 11.1 Å². The van der Waals surface area contributed by atoms with E-state index >= 15 is 0 Å². The Bertz CT molecular complexity index is 1650. The van der Waals surface area contributed by atoms with E-state index in [9.17, 15) is 14.7 Å². The third-order valence-corrected chi connectivity index (χ3v) is 9.13. The summed E-state index contributed by atoms with van der Waals surface area (Å²) in [6.45, 7) is 0.859. The molecule has 254 valence electrons. The van der Waals surface area contributed by atoms with Crippen molar-refractivity contribution in [3.63, 3.8) is 0 Å². The third kappa shape index (κ3) is 9.88. The summed E-state index contributed by atoms with van der Waals surface area (Å²) in [5.41, 5.74) is 7.36. The fraction of sp³-hybridized carbons (Fsp3) is 0.361. The molecule has 2 heterocycles. The Balaban J connectivity index is 1.20. The number of aromatic nitrogens is 2. The van der Waals surface area contributed by atoms with Crippen LogP contribution >= 0.6 is 23.2 Å². The van der Waals surface area contributed by atoms with E-state index in [1.54, 1.807) is 16.4 Å². The van der Waals surface area contributed by atoms with Crippen LogP contribution in [-0.4, -0.2) is 37.8 Å². The largest absolute Gasteiger partial charge is 0.392 e. The molecule has 3 unspecified atom stereocenters. The molecule has 1 aliphatic rings. The number of benzene rings is 3. The van der Waals surface area contributed by atoms with Crippen LogP contribution in [0.5, 0.6) is 0 Å². The molecule has 0 saturated carbocycles. The number of unbranched alkanes of at least 4 members (excludes halogenated alkanes) is 3. The molecular weight excluding hydrogens is 655 g/mol.